The summed E-state index contributed by atoms with van der Waals surface area (Å²) in [4.78, 5) is 22.3. The van der Waals surface area contributed by atoms with Crippen LogP contribution in [-0.4, -0.2) is 55.1 Å². The molecule has 0 bridgehead atoms. The number of anilines is 3. The maximum atomic E-state index is 11.9. The number of aromatic nitrogens is 2. The summed E-state index contributed by atoms with van der Waals surface area (Å²) in [6.07, 6.45) is 1.64. The Kier molecular flexibility index (Phi) is 6.91. The van der Waals surface area contributed by atoms with Crippen molar-refractivity contribution in [1.29, 1.82) is 5.26 Å². The molecule has 0 fully saturated rings. The van der Waals surface area contributed by atoms with Crippen LogP contribution in [0.4, 0.5) is 17.3 Å². The molecule has 0 atom stereocenters. The number of nitriles is 1. The molecule has 1 aromatic heterocycles. The summed E-state index contributed by atoms with van der Waals surface area (Å²) in [5, 5.41) is 16.5. The number of methoxy groups -OCH3 is 1. The van der Waals surface area contributed by atoms with Gasteiger partial charge in [0.2, 0.25) is 5.95 Å². The van der Waals surface area contributed by atoms with Crippen molar-refractivity contribution in [2.24, 2.45) is 0 Å². The van der Waals surface area contributed by atoms with E-state index in [-0.39, 0.29) is 17.9 Å². The Bertz CT molecular complexity index is 1370. The van der Waals surface area contributed by atoms with E-state index in [0.717, 1.165) is 23.4 Å². The number of halogens is 1. The van der Waals surface area contributed by atoms with E-state index < -0.39 is 0 Å². The quantitative estimate of drug-likeness (QED) is 0.478. The van der Waals surface area contributed by atoms with Gasteiger partial charge >= 0.3 is 0 Å². The highest BCUT2D eigenvalue weighted by Crippen LogP contribution is 2.41. The minimum absolute atomic E-state index is 0.101. The van der Waals surface area contributed by atoms with Crippen molar-refractivity contribution in [1.82, 2.24) is 14.9 Å². The van der Waals surface area contributed by atoms with Gasteiger partial charge in [-0.05, 0) is 29.8 Å². The van der Waals surface area contributed by atoms with Gasteiger partial charge in [-0.1, -0.05) is 25.4 Å². The van der Waals surface area contributed by atoms with Gasteiger partial charge in [-0.15, -0.1) is 0 Å². The number of benzene rings is 2. The van der Waals surface area contributed by atoms with Gasteiger partial charge in [0.15, 0.2) is 6.61 Å². The van der Waals surface area contributed by atoms with Crippen LogP contribution < -0.4 is 20.1 Å². The van der Waals surface area contributed by atoms with Crippen molar-refractivity contribution in [2.75, 3.05) is 45.0 Å². The number of likely N-dealkylation sites (N-methyl/N-ethyl adjacent to an activating group) is 1. The molecule has 0 saturated carbocycles. The number of nitrogens with one attached hydrogen (secondary N) is 2. The fourth-order valence-electron chi connectivity index (χ4n) is 3.89. The van der Waals surface area contributed by atoms with Gasteiger partial charge in [-0.25, -0.2) is 9.97 Å². The average Bonchev–Trinajstić information content (AvgIpc) is 3.17. The summed E-state index contributed by atoms with van der Waals surface area (Å²) in [7, 11) is 4.82. The SMILES string of the molecule is COc1cc(OCC(=O)N(C)C)c(Cl)cc1Nc1nccc(-c2cc(C#N)c3c(c2)C(C)(C)CN3)n1. The van der Waals surface area contributed by atoms with Gasteiger partial charge in [0.1, 0.15) is 17.6 Å². The smallest absolute Gasteiger partial charge is 0.259 e. The second-order valence-electron chi connectivity index (χ2n) is 9.25. The Morgan fingerprint density at radius 2 is 2.06 bits per heavy atom. The molecule has 9 nitrogen and oxygen atoms in total. The molecule has 0 saturated heterocycles. The molecule has 3 aromatic rings. The third-order valence-electron chi connectivity index (χ3n) is 6.00. The summed E-state index contributed by atoms with van der Waals surface area (Å²) >= 11 is 6.41. The number of rotatable bonds is 7. The zero-order valence-electron chi connectivity index (χ0n) is 20.8. The maximum Gasteiger partial charge on any atom is 0.259 e. The Morgan fingerprint density at radius 1 is 1.28 bits per heavy atom. The molecule has 186 valence electrons. The van der Waals surface area contributed by atoms with Crippen LogP contribution >= 0.6 is 11.6 Å². The summed E-state index contributed by atoms with van der Waals surface area (Å²) in [5.41, 5.74) is 4.47. The molecule has 2 aromatic carbocycles. The van der Waals surface area contributed by atoms with Gasteiger partial charge < -0.3 is 25.0 Å². The zero-order chi connectivity index (χ0) is 26.0. The lowest BCUT2D eigenvalue weighted by molar-refractivity contribution is -0.130. The highest BCUT2D eigenvalue weighted by Gasteiger charge is 2.32. The molecule has 1 aliphatic heterocycles. The first-order chi connectivity index (χ1) is 17.1. The summed E-state index contributed by atoms with van der Waals surface area (Å²) in [6.45, 7) is 4.90. The van der Waals surface area contributed by atoms with Gasteiger partial charge in [0.25, 0.3) is 5.91 Å². The minimum atomic E-state index is -0.192. The molecular formula is C26H27ClN6O3. The molecule has 2 heterocycles. The summed E-state index contributed by atoms with van der Waals surface area (Å²) in [6, 6.07) is 11.2. The van der Waals surface area contributed by atoms with Crippen LogP contribution in [-0.2, 0) is 10.2 Å². The van der Waals surface area contributed by atoms with Crippen molar-refractivity contribution >= 4 is 34.8 Å². The van der Waals surface area contributed by atoms with E-state index in [0.29, 0.717) is 39.4 Å². The molecule has 1 amide bonds. The molecule has 0 radical (unpaired) electrons. The first kappa shape index (κ1) is 25.1. The molecule has 2 N–H and O–H groups in total. The first-order valence-corrected chi connectivity index (χ1v) is 11.6. The Morgan fingerprint density at radius 3 is 2.75 bits per heavy atom. The van der Waals surface area contributed by atoms with E-state index in [1.54, 1.807) is 38.5 Å². The van der Waals surface area contributed by atoms with E-state index >= 15 is 0 Å². The first-order valence-electron chi connectivity index (χ1n) is 11.3. The number of nitrogens with zero attached hydrogens (tertiary/aromatic N) is 4. The van der Waals surface area contributed by atoms with Gasteiger partial charge in [0.05, 0.1) is 34.8 Å². The van der Waals surface area contributed by atoms with Crippen molar-refractivity contribution in [3.05, 3.63) is 52.7 Å². The van der Waals surface area contributed by atoms with Gasteiger partial charge in [-0.2, -0.15) is 5.26 Å². The number of fused-ring (bicyclic) bond motifs is 1. The predicted molar refractivity (Wildman–Crippen MR) is 139 cm³/mol. The van der Waals surface area contributed by atoms with E-state index in [1.807, 2.05) is 6.07 Å². The number of ether oxygens (including phenoxy) is 2. The molecule has 0 unspecified atom stereocenters. The van der Waals surface area contributed by atoms with E-state index in [4.69, 9.17) is 21.1 Å². The van der Waals surface area contributed by atoms with Crippen LogP contribution in [0.15, 0.2) is 36.5 Å². The molecule has 0 spiro atoms. The molecule has 10 heteroatoms. The lowest BCUT2D eigenvalue weighted by Crippen LogP contribution is -2.27. The lowest BCUT2D eigenvalue weighted by Gasteiger charge is -2.18. The third-order valence-corrected chi connectivity index (χ3v) is 6.29. The van der Waals surface area contributed by atoms with E-state index in [1.165, 1.54) is 12.0 Å². The molecule has 4 rings (SSSR count). The van der Waals surface area contributed by atoms with Crippen LogP contribution in [0.1, 0.15) is 25.0 Å². The second-order valence-corrected chi connectivity index (χ2v) is 9.65. The highest BCUT2D eigenvalue weighted by molar-refractivity contribution is 6.32. The Balaban J connectivity index is 1.63. The summed E-state index contributed by atoms with van der Waals surface area (Å²) < 4.78 is 11.1. The standard InChI is InChI=1S/C26H27ClN6O3/c1-26(2)14-30-24-16(12-28)8-15(9-17(24)26)19-6-7-29-25(31-19)32-20-10-18(27)21(11-22(20)35-5)36-13-23(34)33(3)4/h6-11,30H,13-14H2,1-5H3,(H,29,31,32). The minimum Gasteiger partial charge on any atom is -0.494 e. The van der Waals surface area contributed by atoms with E-state index in [2.05, 4.69) is 46.6 Å². The topological polar surface area (TPSA) is 112 Å². The maximum absolute atomic E-state index is 11.9. The Labute approximate surface area is 215 Å². The monoisotopic (exact) mass is 506 g/mol. The van der Waals surface area contributed by atoms with Crippen LogP contribution in [0, 0.1) is 11.3 Å². The van der Waals surface area contributed by atoms with Crippen molar-refractivity contribution in [3.63, 3.8) is 0 Å². The predicted octanol–water partition coefficient (Wildman–Crippen LogP) is 4.59. The number of amides is 1. The van der Waals surface area contributed by atoms with Crippen molar-refractivity contribution in [3.8, 4) is 28.8 Å². The Hall–Kier alpha value is -4.03. The van der Waals surface area contributed by atoms with Crippen molar-refractivity contribution < 1.29 is 14.3 Å². The molecule has 1 aliphatic rings. The third kappa shape index (κ3) is 4.99. The zero-order valence-corrected chi connectivity index (χ0v) is 21.5. The largest absolute Gasteiger partial charge is 0.494 e. The number of carbonyl (C=O) groups excluding carboxylic acids is 1. The number of hydrogen-bond acceptors (Lipinski definition) is 8. The number of hydrogen-bond donors (Lipinski definition) is 2. The fraction of sp³-hybridized carbons (Fsp3) is 0.308. The lowest BCUT2D eigenvalue weighted by atomic mass is 9.85. The average molecular weight is 507 g/mol. The highest BCUT2D eigenvalue weighted by atomic mass is 35.5. The second kappa shape index (κ2) is 9.91. The van der Waals surface area contributed by atoms with Crippen LogP contribution in [0.3, 0.4) is 0 Å². The number of carbonyl (C=O) groups is 1. The fourth-order valence-corrected chi connectivity index (χ4v) is 4.11. The van der Waals surface area contributed by atoms with Gasteiger partial charge in [-0.3, -0.25) is 4.79 Å². The molecular weight excluding hydrogens is 480 g/mol. The van der Waals surface area contributed by atoms with Crippen LogP contribution in [0.25, 0.3) is 11.3 Å². The van der Waals surface area contributed by atoms with Crippen molar-refractivity contribution in [2.45, 2.75) is 19.3 Å². The van der Waals surface area contributed by atoms with Crippen LogP contribution in [0.5, 0.6) is 11.5 Å². The molecule has 0 aliphatic carbocycles. The molecule has 36 heavy (non-hydrogen) atoms. The van der Waals surface area contributed by atoms with Gasteiger partial charge in [0, 0.05) is 43.9 Å². The normalized spacial score (nSPS) is 13.2. The summed E-state index contributed by atoms with van der Waals surface area (Å²) in [5.74, 6) is 0.901. The van der Waals surface area contributed by atoms with E-state index in [9.17, 15) is 10.1 Å². The van der Waals surface area contributed by atoms with Crippen LogP contribution in [0.2, 0.25) is 5.02 Å².